The second kappa shape index (κ2) is 4.87. The van der Waals surface area contributed by atoms with Crippen LogP contribution in [0.15, 0.2) is 35.0 Å². The van der Waals surface area contributed by atoms with Crippen molar-refractivity contribution in [2.24, 2.45) is 0 Å². The van der Waals surface area contributed by atoms with Crippen molar-refractivity contribution >= 4 is 11.3 Å². The van der Waals surface area contributed by atoms with Gasteiger partial charge in [-0.3, -0.25) is 0 Å². The third kappa shape index (κ3) is 2.10. The summed E-state index contributed by atoms with van der Waals surface area (Å²) >= 11 is 1.68. The topological polar surface area (TPSA) is 9.23 Å². The molecule has 0 atom stereocenters. The largest absolute Gasteiger partial charge is 0.493 e. The molecule has 0 spiro atoms. The maximum atomic E-state index is 5.53. The van der Waals surface area contributed by atoms with Gasteiger partial charge in [0.2, 0.25) is 0 Å². The average molecular weight is 228 g/mol. The van der Waals surface area contributed by atoms with Crippen molar-refractivity contribution in [3.63, 3.8) is 0 Å². The SMILES string of the molecule is C#Cc1ccc(-c2ccsc2)cc1OCC. The molecule has 0 saturated carbocycles. The molecule has 0 bridgehead atoms. The number of hydrogen-bond acceptors (Lipinski definition) is 2. The molecule has 0 amide bonds. The highest BCUT2D eigenvalue weighted by Crippen LogP contribution is 2.28. The van der Waals surface area contributed by atoms with Crippen LogP contribution in [-0.2, 0) is 0 Å². The van der Waals surface area contributed by atoms with E-state index in [-0.39, 0.29) is 0 Å². The molecule has 80 valence electrons. The molecule has 16 heavy (non-hydrogen) atoms. The third-order valence-corrected chi connectivity index (χ3v) is 2.97. The summed E-state index contributed by atoms with van der Waals surface area (Å²) in [7, 11) is 0. The average Bonchev–Trinajstić information content (AvgIpc) is 2.83. The van der Waals surface area contributed by atoms with Crippen molar-refractivity contribution in [2.75, 3.05) is 6.61 Å². The van der Waals surface area contributed by atoms with E-state index in [0.717, 1.165) is 16.9 Å². The zero-order valence-corrected chi connectivity index (χ0v) is 9.88. The predicted octanol–water partition coefficient (Wildman–Crippen LogP) is 3.80. The highest BCUT2D eigenvalue weighted by molar-refractivity contribution is 7.08. The number of rotatable bonds is 3. The third-order valence-electron chi connectivity index (χ3n) is 2.29. The molecular formula is C14H12OS. The lowest BCUT2D eigenvalue weighted by Crippen LogP contribution is -1.94. The van der Waals surface area contributed by atoms with Crippen LogP contribution < -0.4 is 4.74 Å². The van der Waals surface area contributed by atoms with Crippen molar-refractivity contribution in [3.8, 4) is 29.2 Å². The van der Waals surface area contributed by atoms with Gasteiger partial charge in [0, 0.05) is 0 Å². The van der Waals surface area contributed by atoms with E-state index in [1.54, 1.807) is 11.3 Å². The molecule has 1 heterocycles. The minimum atomic E-state index is 0.627. The van der Waals surface area contributed by atoms with E-state index >= 15 is 0 Å². The minimum absolute atomic E-state index is 0.627. The molecule has 0 saturated heterocycles. The molecule has 0 aliphatic rings. The Morgan fingerprint density at radius 3 is 2.81 bits per heavy atom. The lowest BCUT2D eigenvalue weighted by Gasteiger charge is -2.07. The van der Waals surface area contributed by atoms with Crippen LogP contribution in [0.1, 0.15) is 12.5 Å². The first kappa shape index (κ1) is 10.8. The molecule has 0 aliphatic heterocycles. The molecule has 0 fully saturated rings. The fourth-order valence-corrected chi connectivity index (χ4v) is 2.19. The Morgan fingerprint density at radius 1 is 1.31 bits per heavy atom. The van der Waals surface area contributed by atoms with Crippen LogP contribution >= 0.6 is 11.3 Å². The monoisotopic (exact) mass is 228 g/mol. The quantitative estimate of drug-likeness (QED) is 0.726. The zero-order chi connectivity index (χ0) is 11.4. The van der Waals surface area contributed by atoms with Crippen molar-refractivity contribution in [1.29, 1.82) is 0 Å². The zero-order valence-electron chi connectivity index (χ0n) is 9.07. The van der Waals surface area contributed by atoms with Crippen molar-refractivity contribution in [2.45, 2.75) is 6.92 Å². The van der Waals surface area contributed by atoms with Crippen molar-refractivity contribution < 1.29 is 4.74 Å². The molecule has 1 aromatic carbocycles. The van der Waals surface area contributed by atoms with Crippen LogP contribution in [0, 0.1) is 12.3 Å². The number of ether oxygens (including phenoxy) is 1. The van der Waals surface area contributed by atoms with Gasteiger partial charge in [0.1, 0.15) is 5.75 Å². The second-order valence-corrected chi connectivity index (χ2v) is 4.08. The van der Waals surface area contributed by atoms with Crippen LogP contribution in [-0.4, -0.2) is 6.61 Å². The molecular weight excluding hydrogens is 216 g/mol. The molecule has 2 aromatic rings. The first-order chi connectivity index (χ1) is 7.85. The van der Waals surface area contributed by atoms with E-state index in [2.05, 4.69) is 22.7 Å². The summed E-state index contributed by atoms with van der Waals surface area (Å²) in [5.41, 5.74) is 3.15. The number of terminal acetylenes is 1. The smallest absolute Gasteiger partial charge is 0.135 e. The molecule has 0 radical (unpaired) electrons. The standard InChI is InChI=1S/C14H12OS/c1-3-11-5-6-12(9-14(11)15-4-2)13-7-8-16-10-13/h1,5-10H,4H2,2H3. The summed E-state index contributed by atoms with van der Waals surface area (Å²) < 4.78 is 5.53. The first-order valence-electron chi connectivity index (χ1n) is 5.11. The molecule has 0 aliphatic carbocycles. The van der Waals surface area contributed by atoms with Gasteiger partial charge in [0.25, 0.3) is 0 Å². The maximum absolute atomic E-state index is 5.53. The normalized spacial score (nSPS) is 9.75. The fourth-order valence-electron chi connectivity index (χ4n) is 1.52. The van der Waals surface area contributed by atoms with Gasteiger partial charge in [-0.25, -0.2) is 0 Å². The van der Waals surface area contributed by atoms with Gasteiger partial charge in [0.05, 0.1) is 12.2 Å². The Labute approximate surface area is 99.7 Å². The molecule has 0 unspecified atom stereocenters. The van der Waals surface area contributed by atoms with Crippen LogP contribution in [0.25, 0.3) is 11.1 Å². The summed E-state index contributed by atoms with van der Waals surface area (Å²) in [5.74, 6) is 3.42. The van der Waals surface area contributed by atoms with Crippen LogP contribution in [0.4, 0.5) is 0 Å². The fraction of sp³-hybridized carbons (Fsp3) is 0.143. The van der Waals surface area contributed by atoms with Gasteiger partial charge in [-0.1, -0.05) is 12.0 Å². The number of thiophene rings is 1. The van der Waals surface area contributed by atoms with Crippen molar-refractivity contribution in [3.05, 3.63) is 40.6 Å². The molecule has 2 heteroatoms. The Morgan fingerprint density at radius 2 is 2.19 bits per heavy atom. The Balaban J connectivity index is 2.44. The van der Waals surface area contributed by atoms with E-state index in [9.17, 15) is 0 Å². The molecule has 0 N–H and O–H groups in total. The molecule has 2 rings (SSSR count). The number of benzene rings is 1. The summed E-state index contributed by atoms with van der Waals surface area (Å²) in [6.45, 7) is 2.58. The summed E-state index contributed by atoms with van der Waals surface area (Å²) in [6.07, 6.45) is 5.42. The Kier molecular flexibility index (Phi) is 3.28. The van der Waals surface area contributed by atoms with Gasteiger partial charge in [0.15, 0.2) is 0 Å². The number of hydrogen-bond donors (Lipinski definition) is 0. The molecule has 1 aromatic heterocycles. The van der Waals surface area contributed by atoms with Gasteiger partial charge >= 0.3 is 0 Å². The van der Waals surface area contributed by atoms with E-state index in [4.69, 9.17) is 11.2 Å². The Hall–Kier alpha value is -1.72. The summed E-state index contributed by atoms with van der Waals surface area (Å²) in [4.78, 5) is 0. The minimum Gasteiger partial charge on any atom is -0.493 e. The van der Waals surface area contributed by atoms with E-state index in [1.165, 1.54) is 5.56 Å². The predicted molar refractivity (Wildman–Crippen MR) is 68.9 cm³/mol. The van der Waals surface area contributed by atoms with Gasteiger partial charge in [-0.05, 0) is 47.0 Å². The van der Waals surface area contributed by atoms with E-state index < -0.39 is 0 Å². The van der Waals surface area contributed by atoms with Gasteiger partial charge in [-0.2, -0.15) is 11.3 Å². The first-order valence-corrected chi connectivity index (χ1v) is 6.05. The van der Waals surface area contributed by atoms with Crippen molar-refractivity contribution in [1.82, 2.24) is 0 Å². The van der Waals surface area contributed by atoms with Gasteiger partial charge < -0.3 is 4.74 Å². The van der Waals surface area contributed by atoms with Gasteiger partial charge in [-0.15, -0.1) is 6.42 Å². The van der Waals surface area contributed by atoms with Crippen LogP contribution in [0.3, 0.4) is 0 Å². The Bertz CT molecular complexity index is 506. The summed E-state index contributed by atoms with van der Waals surface area (Å²) in [5, 5.41) is 4.17. The van der Waals surface area contributed by atoms with E-state index in [1.807, 2.05) is 25.1 Å². The second-order valence-electron chi connectivity index (χ2n) is 3.30. The highest BCUT2D eigenvalue weighted by atomic mass is 32.1. The maximum Gasteiger partial charge on any atom is 0.135 e. The summed E-state index contributed by atoms with van der Waals surface area (Å²) in [6, 6.07) is 8.05. The lowest BCUT2D eigenvalue weighted by atomic mass is 10.1. The van der Waals surface area contributed by atoms with Crippen LogP contribution in [0.2, 0.25) is 0 Å². The molecule has 1 nitrogen and oxygen atoms in total. The van der Waals surface area contributed by atoms with Crippen LogP contribution in [0.5, 0.6) is 5.75 Å². The van der Waals surface area contributed by atoms with E-state index in [0.29, 0.717) is 6.61 Å². The lowest BCUT2D eigenvalue weighted by molar-refractivity contribution is 0.339. The highest BCUT2D eigenvalue weighted by Gasteiger charge is 2.04.